The normalized spacial score (nSPS) is 22.4. The van der Waals surface area contributed by atoms with Crippen LogP contribution in [0.1, 0.15) is 40.0 Å². The molecule has 9 heteroatoms. The quantitative estimate of drug-likeness (QED) is 0.399. The molecule has 1 N–H and O–H groups in total. The molecule has 0 bridgehead atoms. The number of carbonyl (C=O) groups is 3. The number of carbonyl (C=O) groups excluding carboxylic acids is 3. The summed E-state index contributed by atoms with van der Waals surface area (Å²) in [5, 5.41) is 2.77. The second kappa shape index (κ2) is 9.51. The van der Waals surface area contributed by atoms with E-state index in [0.717, 1.165) is 4.90 Å². The third-order valence-electron chi connectivity index (χ3n) is 4.60. The highest BCUT2D eigenvalue weighted by Gasteiger charge is 2.47. The van der Waals surface area contributed by atoms with Crippen molar-refractivity contribution in [3.8, 4) is 0 Å². The molecule has 2 rings (SSSR count). The van der Waals surface area contributed by atoms with Crippen LogP contribution in [-0.2, 0) is 19.1 Å². The Kier molecular flexibility index (Phi) is 7.52. The van der Waals surface area contributed by atoms with Crippen LogP contribution in [0.25, 0.3) is 0 Å². The summed E-state index contributed by atoms with van der Waals surface area (Å²) in [7, 11) is 1.32. The summed E-state index contributed by atoms with van der Waals surface area (Å²) in [6.07, 6.45) is 3.26. The van der Waals surface area contributed by atoms with Gasteiger partial charge in [0.15, 0.2) is 11.5 Å². The number of ether oxygens (including phenoxy) is 2. The number of nitrogens with one attached hydrogen (secondary N) is 1. The zero-order valence-corrected chi connectivity index (χ0v) is 18.4. The van der Waals surface area contributed by atoms with E-state index in [1.807, 2.05) is 0 Å². The van der Waals surface area contributed by atoms with E-state index in [4.69, 9.17) is 21.7 Å². The van der Waals surface area contributed by atoms with Gasteiger partial charge in [-0.3, -0.25) is 9.59 Å². The first kappa shape index (κ1) is 23.7. The van der Waals surface area contributed by atoms with E-state index in [2.05, 4.69) is 11.9 Å². The predicted molar refractivity (Wildman–Crippen MR) is 113 cm³/mol. The first-order valence-corrected chi connectivity index (χ1v) is 10.0. The van der Waals surface area contributed by atoms with Gasteiger partial charge in [-0.15, -0.1) is 6.58 Å². The number of methoxy groups -OCH3 is 1. The van der Waals surface area contributed by atoms with Crippen LogP contribution in [0.5, 0.6) is 0 Å². The Bertz CT molecular complexity index is 828. The summed E-state index contributed by atoms with van der Waals surface area (Å²) in [6.45, 7) is 8.56. The van der Waals surface area contributed by atoms with Gasteiger partial charge in [-0.25, -0.2) is 14.1 Å². The molecule has 0 saturated carbocycles. The molecule has 2 atom stereocenters. The maximum Gasteiger partial charge on any atom is 0.417 e. The molecule has 1 saturated heterocycles. The minimum Gasteiger partial charge on any atom is -0.492 e. The van der Waals surface area contributed by atoms with Gasteiger partial charge in [0.25, 0.3) is 0 Å². The van der Waals surface area contributed by atoms with Crippen molar-refractivity contribution in [1.29, 1.82) is 0 Å². The third kappa shape index (κ3) is 5.33. The van der Waals surface area contributed by atoms with E-state index in [-0.39, 0.29) is 35.8 Å². The van der Waals surface area contributed by atoms with Crippen molar-refractivity contribution in [3.05, 3.63) is 36.0 Å². The van der Waals surface area contributed by atoms with Crippen LogP contribution in [0.15, 0.2) is 36.0 Å². The molecule has 164 valence electrons. The molecule has 0 aromatic carbocycles. The summed E-state index contributed by atoms with van der Waals surface area (Å²) in [4.78, 5) is 39.3. The number of hydrogen-bond donors (Lipinski definition) is 1. The Morgan fingerprint density at radius 1 is 1.43 bits per heavy atom. The van der Waals surface area contributed by atoms with Crippen LogP contribution in [0, 0.1) is 11.8 Å². The van der Waals surface area contributed by atoms with E-state index in [0.29, 0.717) is 6.42 Å². The van der Waals surface area contributed by atoms with Crippen LogP contribution in [0.4, 0.5) is 9.18 Å². The maximum atomic E-state index is 14.0. The Balaban J connectivity index is 2.30. The van der Waals surface area contributed by atoms with Crippen molar-refractivity contribution in [2.24, 2.45) is 11.8 Å². The number of rotatable bonds is 5. The number of nitrogens with zero attached hydrogens (tertiary/aromatic N) is 1. The lowest BCUT2D eigenvalue weighted by Gasteiger charge is -2.36. The number of allylic oxidation sites excluding steroid dienone is 3. The minimum atomic E-state index is -1.39. The standard InChI is InChI=1S/C21H27FN2O5S/c1-6-8-12-11-24(20(27)29-21(2,3)4)19(26)15(16(12)25)18(30)23-14-10-7-9-13(22)17(14)28-5/h6,10,12,15H,1,7-9,11H2,2-5H3,(H,23,30). The molecule has 30 heavy (non-hydrogen) atoms. The van der Waals surface area contributed by atoms with Crippen LogP contribution in [0.2, 0.25) is 0 Å². The van der Waals surface area contributed by atoms with Crippen molar-refractivity contribution < 1.29 is 28.2 Å². The monoisotopic (exact) mass is 438 g/mol. The second-order valence-corrected chi connectivity index (χ2v) is 8.51. The van der Waals surface area contributed by atoms with E-state index in [9.17, 15) is 18.8 Å². The molecule has 2 unspecified atom stereocenters. The molecule has 2 amide bonds. The van der Waals surface area contributed by atoms with Gasteiger partial charge in [-0.05, 0) is 33.6 Å². The van der Waals surface area contributed by atoms with Crippen molar-refractivity contribution >= 4 is 35.0 Å². The number of piperidine rings is 1. The zero-order chi connectivity index (χ0) is 22.6. The fraction of sp³-hybridized carbons (Fsp3) is 0.524. The molecular weight excluding hydrogens is 411 g/mol. The second-order valence-electron chi connectivity index (χ2n) is 8.07. The average Bonchev–Trinajstić information content (AvgIpc) is 2.63. The molecule has 0 spiro atoms. The lowest BCUT2D eigenvalue weighted by atomic mass is 9.84. The van der Waals surface area contributed by atoms with Crippen molar-refractivity contribution in [2.45, 2.75) is 45.6 Å². The van der Waals surface area contributed by atoms with Crippen LogP contribution < -0.4 is 5.32 Å². The van der Waals surface area contributed by atoms with E-state index < -0.39 is 41.0 Å². The van der Waals surface area contributed by atoms with Gasteiger partial charge in [0.1, 0.15) is 22.3 Å². The summed E-state index contributed by atoms with van der Waals surface area (Å²) in [6, 6.07) is 0. The number of ketones is 1. The predicted octanol–water partition coefficient (Wildman–Crippen LogP) is 3.56. The summed E-state index contributed by atoms with van der Waals surface area (Å²) < 4.78 is 24.4. The Morgan fingerprint density at radius 3 is 2.67 bits per heavy atom. The van der Waals surface area contributed by atoms with Gasteiger partial charge in [0, 0.05) is 18.9 Å². The molecule has 1 fully saturated rings. The summed E-state index contributed by atoms with van der Waals surface area (Å²) in [5.74, 6) is -3.72. The Labute approximate surface area is 181 Å². The molecular formula is C21H27FN2O5S. The van der Waals surface area contributed by atoms with Crippen LogP contribution in [-0.4, -0.2) is 46.9 Å². The van der Waals surface area contributed by atoms with Gasteiger partial charge >= 0.3 is 6.09 Å². The summed E-state index contributed by atoms with van der Waals surface area (Å²) in [5.41, 5.74) is -0.564. The number of amides is 2. The molecule has 1 aliphatic heterocycles. The zero-order valence-electron chi connectivity index (χ0n) is 17.6. The Morgan fingerprint density at radius 2 is 2.10 bits per heavy atom. The SMILES string of the molecule is C=CCC1CN(C(=O)OC(C)(C)C)C(=O)C(C(=S)NC2=CCCC(F)=C2OC)C1=O. The Hall–Kier alpha value is -2.55. The first-order valence-electron chi connectivity index (χ1n) is 9.63. The molecule has 7 nitrogen and oxygen atoms in total. The number of imide groups is 1. The molecule has 0 radical (unpaired) electrons. The third-order valence-corrected chi connectivity index (χ3v) is 4.93. The van der Waals surface area contributed by atoms with Gasteiger partial charge < -0.3 is 14.8 Å². The molecule has 2 aliphatic rings. The largest absolute Gasteiger partial charge is 0.492 e. The summed E-state index contributed by atoms with van der Waals surface area (Å²) >= 11 is 5.34. The fourth-order valence-corrected chi connectivity index (χ4v) is 3.58. The van der Waals surface area contributed by atoms with E-state index >= 15 is 0 Å². The van der Waals surface area contributed by atoms with Crippen LogP contribution in [0.3, 0.4) is 0 Å². The molecule has 1 aliphatic carbocycles. The van der Waals surface area contributed by atoms with Crippen molar-refractivity contribution in [2.75, 3.05) is 13.7 Å². The average molecular weight is 439 g/mol. The first-order chi connectivity index (χ1) is 14.0. The van der Waals surface area contributed by atoms with Gasteiger partial charge in [0.2, 0.25) is 5.91 Å². The van der Waals surface area contributed by atoms with Gasteiger partial charge in [-0.1, -0.05) is 24.4 Å². The highest BCUT2D eigenvalue weighted by atomic mass is 32.1. The van der Waals surface area contributed by atoms with Crippen molar-refractivity contribution in [1.82, 2.24) is 10.2 Å². The highest BCUT2D eigenvalue weighted by molar-refractivity contribution is 7.80. The fourth-order valence-electron chi connectivity index (χ4n) is 3.26. The van der Waals surface area contributed by atoms with E-state index in [1.54, 1.807) is 32.9 Å². The number of thiocarbonyl (C=S) groups is 1. The highest BCUT2D eigenvalue weighted by Crippen LogP contribution is 2.28. The topological polar surface area (TPSA) is 84.9 Å². The van der Waals surface area contributed by atoms with Crippen molar-refractivity contribution in [3.63, 3.8) is 0 Å². The van der Waals surface area contributed by atoms with Gasteiger partial charge in [-0.2, -0.15) is 0 Å². The van der Waals surface area contributed by atoms with Gasteiger partial charge in [0.05, 0.1) is 12.8 Å². The number of Topliss-reactive ketones (excluding diaryl/α,β-unsaturated/α-hetero) is 1. The lowest BCUT2D eigenvalue weighted by molar-refractivity contribution is -0.144. The van der Waals surface area contributed by atoms with Crippen LogP contribution >= 0.6 is 12.2 Å². The molecule has 1 heterocycles. The lowest BCUT2D eigenvalue weighted by Crippen LogP contribution is -2.57. The number of likely N-dealkylation sites (tertiary alicyclic amines) is 1. The molecule has 0 aromatic heterocycles. The molecule has 0 aromatic rings. The minimum absolute atomic E-state index is 0.0223. The smallest absolute Gasteiger partial charge is 0.417 e. The maximum absolute atomic E-state index is 14.0. The number of hydrogen-bond acceptors (Lipinski definition) is 6. The van der Waals surface area contributed by atoms with E-state index in [1.165, 1.54) is 7.11 Å². The number of halogens is 1.